The van der Waals surface area contributed by atoms with Gasteiger partial charge in [0.2, 0.25) is 5.16 Å². The predicted octanol–water partition coefficient (Wildman–Crippen LogP) is 2.52. The molecule has 2 N–H and O–H groups in total. The molecule has 94 valence electrons. The molecule has 0 spiro atoms. The largest absolute Gasteiger partial charge is 0.398 e. The van der Waals surface area contributed by atoms with E-state index in [4.69, 9.17) is 5.73 Å². The van der Waals surface area contributed by atoms with E-state index in [0.717, 1.165) is 15.7 Å². The Balaban J connectivity index is 1.85. The van der Waals surface area contributed by atoms with Crippen LogP contribution in [0.5, 0.6) is 0 Å². The fraction of sp³-hybridized carbons (Fsp3) is 0.417. The van der Waals surface area contributed by atoms with Crippen molar-refractivity contribution in [3.8, 4) is 0 Å². The summed E-state index contributed by atoms with van der Waals surface area (Å²) < 4.78 is 1.95. The molecule has 1 aliphatic carbocycles. The first kappa shape index (κ1) is 11.5. The minimum Gasteiger partial charge on any atom is -0.398 e. The first-order valence-electron chi connectivity index (χ1n) is 6.15. The summed E-state index contributed by atoms with van der Waals surface area (Å²) in [5.41, 5.74) is 6.71. The number of hydrogen-bond donors (Lipinski definition) is 1. The summed E-state index contributed by atoms with van der Waals surface area (Å²) in [6, 6.07) is 8.24. The fourth-order valence-corrected chi connectivity index (χ4v) is 3.19. The third-order valence-electron chi connectivity index (χ3n) is 3.25. The van der Waals surface area contributed by atoms with E-state index in [1.54, 1.807) is 0 Å². The number of nitrogens with two attached hydrogens (primary N) is 1. The van der Waals surface area contributed by atoms with Crippen LogP contribution in [0.15, 0.2) is 34.3 Å². The molecule has 1 aromatic heterocycles. The van der Waals surface area contributed by atoms with E-state index in [-0.39, 0.29) is 0 Å². The number of nitrogens with zero attached hydrogens (tertiary/aromatic N) is 4. The quantitative estimate of drug-likeness (QED) is 0.860. The molecule has 0 radical (unpaired) electrons. The van der Waals surface area contributed by atoms with E-state index in [0.29, 0.717) is 6.04 Å². The van der Waals surface area contributed by atoms with Crippen molar-refractivity contribution in [1.29, 1.82) is 0 Å². The minimum atomic E-state index is 0.451. The van der Waals surface area contributed by atoms with Crippen LogP contribution in [0, 0.1) is 0 Å². The first-order chi connectivity index (χ1) is 8.84. The monoisotopic (exact) mass is 261 g/mol. The van der Waals surface area contributed by atoms with Gasteiger partial charge in [-0.05, 0) is 47.2 Å². The standard InChI is InChI=1S/C12H15N5S/c13-10-7-3-4-8-11(10)18-12-14-15-16-17(12)9-5-1-2-6-9/h3-4,7-9H,1-2,5-6,13H2. The Kier molecular flexibility index (Phi) is 3.19. The van der Waals surface area contributed by atoms with E-state index in [2.05, 4.69) is 15.5 Å². The first-order valence-corrected chi connectivity index (χ1v) is 6.96. The van der Waals surface area contributed by atoms with Crippen LogP contribution in [-0.2, 0) is 0 Å². The normalized spacial score (nSPS) is 16.2. The number of para-hydroxylation sites is 1. The molecule has 0 bridgehead atoms. The molecule has 18 heavy (non-hydrogen) atoms. The van der Waals surface area contributed by atoms with Crippen molar-refractivity contribution in [3.05, 3.63) is 24.3 Å². The third-order valence-corrected chi connectivity index (χ3v) is 4.30. The molecule has 1 aromatic carbocycles. The lowest BCUT2D eigenvalue weighted by Crippen LogP contribution is -2.08. The van der Waals surface area contributed by atoms with Gasteiger partial charge < -0.3 is 5.73 Å². The van der Waals surface area contributed by atoms with Gasteiger partial charge in [0, 0.05) is 10.6 Å². The highest BCUT2D eigenvalue weighted by Crippen LogP contribution is 2.35. The lowest BCUT2D eigenvalue weighted by molar-refractivity contribution is 0.423. The average Bonchev–Trinajstić information content (AvgIpc) is 3.02. The molecule has 5 nitrogen and oxygen atoms in total. The van der Waals surface area contributed by atoms with Gasteiger partial charge in [-0.15, -0.1) is 5.10 Å². The summed E-state index contributed by atoms with van der Waals surface area (Å²) in [7, 11) is 0. The Morgan fingerprint density at radius 1 is 1.22 bits per heavy atom. The molecule has 0 aliphatic heterocycles. The van der Waals surface area contributed by atoms with E-state index < -0.39 is 0 Å². The van der Waals surface area contributed by atoms with Crippen molar-refractivity contribution in [2.45, 2.75) is 41.8 Å². The summed E-state index contributed by atoms with van der Waals surface area (Å²) in [4.78, 5) is 1.01. The Hall–Kier alpha value is -1.56. The van der Waals surface area contributed by atoms with Gasteiger partial charge in [-0.25, -0.2) is 4.68 Å². The summed E-state index contributed by atoms with van der Waals surface area (Å²) in [5.74, 6) is 0. The number of rotatable bonds is 3. The number of aromatic nitrogens is 4. The average molecular weight is 261 g/mol. The number of nitrogen functional groups attached to an aromatic ring is 1. The van der Waals surface area contributed by atoms with Crippen LogP contribution >= 0.6 is 11.8 Å². The highest BCUT2D eigenvalue weighted by atomic mass is 32.2. The van der Waals surface area contributed by atoms with Crippen LogP contribution < -0.4 is 5.73 Å². The second-order valence-electron chi connectivity index (χ2n) is 4.48. The number of benzene rings is 1. The molecule has 1 heterocycles. The molecular weight excluding hydrogens is 246 g/mol. The van der Waals surface area contributed by atoms with E-state index in [9.17, 15) is 0 Å². The van der Waals surface area contributed by atoms with Crippen molar-refractivity contribution < 1.29 is 0 Å². The van der Waals surface area contributed by atoms with Crippen LogP contribution in [0.3, 0.4) is 0 Å². The second kappa shape index (κ2) is 4.97. The van der Waals surface area contributed by atoms with Gasteiger partial charge in [0.05, 0.1) is 6.04 Å². The zero-order valence-corrected chi connectivity index (χ0v) is 10.8. The van der Waals surface area contributed by atoms with Gasteiger partial charge in [0.15, 0.2) is 0 Å². The molecule has 1 aliphatic rings. The number of hydrogen-bond acceptors (Lipinski definition) is 5. The highest BCUT2D eigenvalue weighted by Gasteiger charge is 2.22. The minimum absolute atomic E-state index is 0.451. The molecule has 0 amide bonds. The molecule has 6 heteroatoms. The number of anilines is 1. The number of tetrazole rings is 1. The zero-order valence-electron chi connectivity index (χ0n) is 9.99. The van der Waals surface area contributed by atoms with Crippen LogP contribution in [0.4, 0.5) is 5.69 Å². The van der Waals surface area contributed by atoms with Crippen LogP contribution in [0.25, 0.3) is 0 Å². The Morgan fingerprint density at radius 2 is 2.00 bits per heavy atom. The van der Waals surface area contributed by atoms with Gasteiger partial charge in [0.1, 0.15) is 0 Å². The van der Waals surface area contributed by atoms with E-state index in [1.807, 2.05) is 28.9 Å². The Labute approximate surface area is 110 Å². The van der Waals surface area contributed by atoms with Crippen molar-refractivity contribution >= 4 is 17.4 Å². The molecule has 1 fully saturated rings. The van der Waals surface area contributed by atoms with Gasteiger partial charge in [-0.1, -0.05) is 25.0 Å². The predicted molar refractivity (Wildman–Crippen MR) is 70.3 cm³/mol. The maximum Gasteiger partial charge on any atom is 0.214 e. The van der Waals surface area contributed by atoms with Gasteiger partial charge >= 0.3 is 0 Å². The maximum atomic E-state index is 5.94. The van der Waals surface area contributed by atoms with Crippen molar-refractivity contribution in [2.24, 2.45) is 0 Å². The van der Waals surface area contributed by atoms with Gasteiger partial charge in [0.25, 0.3) is 0 Å². The lowest BCUT2D eigenvalue weighted by Gasteiger charge is -2.11. The van der Waals surface area contributed by atoms with Crippen molar-refractivity contribution in [2.75, 3.05) is 5.73 Å². The molecule has 0 saturated heterocycles. The third kappa shape index (κ3) is 2.20. The van der Waals surface area contributed by atoms with Gasteiger partial charge in [-0.3, -0.25) is 0 Å². The molecule has 1 saturated carbocycles. The lowest BCUT2D eigenvalue weighted by atomic mass is 10.3. The second-order valence-corrected chi connectivity index (χ2v) is 5.49. The summed E-state index contributed by atoms with van der Waals surface area (Å²) in [5, 5.41) is 12.9. The smallest absolute Gasteiger partial charge is 0.214 e. The molecular formula is C12H15N5S. The summed E-state index contributed by atoms with van der Waals surface area (Å²) in [6.45, 7) is 0. The van der Waals surface area contributed by atoms with Gasteiger partial charge in [-0.2, -0.15) is 0 Å². The fourth-order valence-electron chi connectivity index (χ4n) is 2.30. The van der Waals surface area contributed by atoms with Crippen molar-refractivity contribution in [1.82, 2.24) is 20.2 Å². The maximum absolute atomic E-state index is 5.94. The van der Waals surface area contributed by atoms with Crippen LogP contribution in [-0.4, -0.2) is 20.2 Å². The van der Waals surface area contributed by atoms with Crippen molar-refractivity contribution in [3.63, 3.8) is 0 Å². The zero-order chi connectivity index (χ0) is 12.4. The van der Waals surface area contributed by atoms with Crippen LogP contribution in [0.2, 0.25) is 0 Å². The Bertz CT molecular complexity index is 533. The van der Waals surface area contributed by atoms with Crippen LogP contribution in [0.1, 0.15) is 31.7 Å². The summed E-state index contributed by atoms with van der Waals surface area (Å²) >= 11 is 1.54. The summed E-state index contributed by atoms with van der Waals surface area (Å²) in [6.07, 6.45) is 4.87. The van der Waals surface area contributed by atoms with E-state index in [1.165, 1.54) is 37.4 Å². The Morgan fingerprint density at radius 3 is 2.78 bits per heavy atom. The topological polar surface area (TPSA) is 69.6 Å². The molecule has 0 unspecified atom stereocenters. The van der Waals surface area contributed by atoms with E-state index >= 15 is 0 Å². The SMILES string of the molecule is Nc1ccccc1Sc1nnnn1C1CCCC1. The molecule has 2 aromatic rings. The molecule has 0 atom stereocenters. The molecule has 3 rings (SSSR count). The highest BCUT2D eigenvalue weighted by molar-refractivity contribution is 7.99.